The number of alkyl halides is 1. The number of hydrogen-bond acceptors (Lipinski definition) is 3. The van der Waals surface area contributed by atoms with Crippen molar-refractivity contribution in [2.24, 2.45) is 0 Å². The normalized spacial score (nSPS) is 12.3. The minimum absolute atomic E-state index is 0.207. The highest BCUT2D eigenvalue weighted by atomic mass is 35.5. The quantitative estimate of drug-likeness (QED) is 0.348. The van der Waals surface area contributed by atoms with Crippen molar-refractivity contribution in [2.45, 2.75) is 19.8 Å². The van der Waals surface area contributed by atoms with Gasteiger partial charge in [0.05, 0.1) is 0 Å². The monoisotopic (exact) mass is 198 g/mol. The third-order valence-electron chi connectivity index (χ3n) is 1.20. The Balaban J connectivity index is 3.96. The summed E-state index contributed by atoms with van der Waals surface area (Å²) in [7, 11) is 0.550. The van der Waals surface area contributed by atoms with Crippen LogP contribution in [0.15, 0.2) is 0 Å². The highest BCUT2D eigenvalue weighted by Crippen LogP contribution is 2.15. The zero-order valence-electron chi connectivity index (χ0n) is 7.22. The van der Waals surface area contributed by atoms with Crippen LogP contribution in [0.4, 0.5) is 0 Å². The summed E-state index contributed by atoms with van der Waals surface area (Å²) in [6.07, 6.45) is 0. The Hall–Kier alpha value is 0.387. The van der Waals surface area contributed by atoms with Gasteiger partial charge in [-0.15, -0.1) is 11.6 Å². The van der Waals surface area contributed by atoms with E-state index >= 15 is 0 Å². The largest absolute Gasteiger partial charge is 0.379 e. The van der Waals surface area contributed by atoms with E-state index in [1.54, 1.807) is 0 Å². The van der Waals surface area contributed by atoms with Gasteiger partial charge in [-0.3, -0.25) is 0 Å². The van der Waals surface area contributed by atoms with E-state index < -0.39 is 5.97 Å². The van der Waals surface area contributed by atoms with Gasteiger partial charge < -0.3 is 13.9 Å². The summed E-state index contributed by atoms with van der Waals surface area (Å²) in [5.41, 5.74) is 0. The number of rotatable bonds is 6. The first-order valence-corrected chi connectivity index (χ1v) is 4.98. The summed E-state index contributed by atoms with van der Waals surface area (Å²) in [6.45, 7) is 4.83. The lowest BCUT2D eigenvalue weighted by Gasteiger charge is -2.29. The molecule has 0 aliphatic carbocycles. The van der Waals surface area contributed by atoms with Crippen molar-refractivity contribution < 1.29 is 13.9 Å². The van der Waals surface area contributed by atoms with Crippen molar-refractivity contribution in [3.8, 4) is 0 Å². The predicted octanol–water partition coefficient (Wildman–Crippen LogP) is 0.249. The van der Waals surface area contributed by atoms with Gasteiger partial charge in [-0.25, -0.2) is 0 Å². The minimum Gasteiger partial charge on any atom is -0.379 e. The molecule has 0 saturated heterocycles. The molecular weight excluding hydrogens is 184 g/mol. The highest BCUT2D eigenvalue weighted by Gasteiger charge is 2.29. The molecule has 0 N–H and O–H groups in total. The lowest BCUT2D eigenvalue weighted by Crippen LogP contribution is -2.40. The van der Waals surface area contributed by atoms with Crippen LogP contribution in [0.25, 0.3) is 0 Å². The van der Waals surface area contributed by atoms with E-state index in [1.165, 1.54) is 0 Å². The Morgan fingerprint density at radius 2 is 1.73 bits per heavy atom. The number of ether oxygens (including phenoxy) is 2. The molecule has 0 aliphatic rings. The van der Waals surface area contributed by atoms with Crippen LogP contribution < -0.4 is 0 Å². The standard InChI is InChI=1S/C6H15ClO3Si/c1-3-8-6(5-7,10-11)9-4-2/h3-5H2,1-2,11H3. The summed E-state index contributed by atoms with van der Waals surface area (Å²) in [5.74, 6) is -0.782. The summed E-state index contributed by atoms with van der Waals surface area (Å²) in [6, 6.07) is 0. The molecule has 0 amide bonds. The fourth-order valence-electron chi connectivity index (χ4n) is 0.731. The Morgan fingerprint density at radius 3 is 1.91 bits per heavy atom. The van der Waals surface area contributed by atoms with Crippen LogP contribution in [-0.4, -0.2) is 35.6 Å². The first-order valence-electron chi connectivity index (χ1n) is 3.63. The number of hydrogen-bond donors (Lipinski definition) is 0. The Kier molecular flexibility index (Phi) is 6.17. The van der Waals surface area contributed by atoms with Crippen molar-refractivity contribution in [3.63, 3.8) is 0 Å². The maximum Gasteiger partial charge on any atom is 0.286 e. The lowest BCUT2D eigenvalue weighted by atomic mass is 10.6. The van der Waals surface area contributed by atoms with E-state index in [1.807, 2.05) is 13.8 Å². The minimum atomic E-state index is -0.989. The van der Waals surface area contributed by atoms with Crippen LogP contribution in [0.3, 0.4) is 0 Å². The van der Waals surface area contributed by atoms with Crippen LogP contribution in [0, 0.1) is 0 Å². The molecule has 0 saturated carbocycles. The summed E-state index contributed by atoms with van der Waals surface area (Å²) in [5, 5.41) is 0. The van der Waals surface area contributed by atoms with E-state index in [0.717, 1.165) is 0 Å². The Labute approximate surface area is 75.5 Å². The molecule has 0 aromatic heterocycles. The first-order chi connectivity index (χ1) is 5.24. The Bertz CT molecular complexity index is 89.8. The number of halogens is 1. The van der Waals surface area contributed by atoms with E-state index in [-0.39, 0.29) is 5.88 Å². The zero-order chi connectivity index (χ0) is 8.74. The van der Waals surface area contributed by atoms with E-state index in [2.05, 4.69) is 0 Å². The van der Waals surface area contributed by atoms with Crippen molar-refractivity contribution >= 4 is 22.1 Å². The second-order valence-electron chi connectivity index (χ2n) is 1.89. The average Bonchev–Trinajstić information content (AvgIpc) is 2.04. The smallest absolute Gasteiger partial charge is 0.286 e. The second-order valence-corrected chi connectivity index (χ2v) is 2.56. The Morgan fingerprint density at radius 1 is 1.27 bits per heavy atom. The van der Waals surface area contributed by atoms with Crippen LogP contribution in [0.1, 0.15) is 13.8 Å². The molecule has 0 unspecified atom stereocenters. The van der Waals surface area contributed by atoms with Gasteiger partial charge in [-0.2, -0.15) is 0 Å². The maximum atomic E-state index is 5.63. The molecule has 0 bridgehead atoms. The molecule has 3 nitrogen and oxygen atoms in total. The molecule has 0 aliphatic heterocycles. The molecule has 11 heavy (non-hydrogen) atoms. The van der Waals surface area contributed by atoms with Crippen LogP contribution in [0.2, 0.25) is 0 Å². The highest BCUT2D eigenvalue weighted by molar-refractivity contribution is 6.18. The molecule has 5 heteroatoms. The van der Waals surface area contributed by atoms with Gasteiger partial charge in [0, 0.05) is 13.2 Å². The molecule has 0 fully saturated rings. The SMILES string of the molecule is CCOC(CCl)(O[SiH3])OCC. The van der Waals surface area contributed by atoms with Crippen molar-refractivity contribution in [1.29, 1.82) is 0 Å². The molecule has 0 rings (SSSR count). The lowest BCUT2D eigenvalue weighted by molar-refractivity contribution is -0.325. The third kappa shape index (κ3) is 3.53. The van der Waals surface area contributed by atoms with Crippen molar-refractivity contribution in [3.05, 3.63) is 0 Å². The summed E-state index contributed by atoms with van der Waals surface area (Å²) < 4.78 is 15.6. The third-order valence-corrected chi connectivity index (χ3v) is 2.15. The molecule has 0 radical (unpaired) electrons. The second kappa shape index (κ2) is 5.96. The molecule has 0 atom stereocenters. The summed E-state index contributed by atoms with van der Waals surface area (Å²) >= 11 is 5.63. The predicted molar refractivity (Wildman–Crippen MR) is 47.7 cm³/mol. The molecule has 0 aromatic rings. The van der Waals surface area contributed by atoms with Crippen LogP contribution in [-0.2, 0) is 13.9 Å². The van der Waals surface area contributed by atoms with Gasteiger partial charge >= 0.3 is 0 Å². The fraction of sp³-hybridized carbons (Fsp3) is 1.00. The van der Waals surface area contributed by atoms with Crippen molar-refractivity contribution in [2.75, 3.05) is 19.1 Å². The molecule has 0 heterocycles. The van der Waals surface area contributed by atoms with Gasteiger partial charge in [0.15, 0.2) is 10.5 Å². The van der Waals surface area contributed by atoms with Crippen LogP contribution in [0.5, 0.6) is 0 Å². The fourth-order valence-corrected chi connectivity index (χ4v) is 1.56. The topological polar surface area (TPSA) is 27.7 Å². The van der Waals surface area contributed by atoms with Gasteiger partial charge in [0.2, 0.25) is 0 Å². The molecular formula is C6H15ClO3Si. The van der Waals surface area contributed by atoms with Crippen molar-refractivity contribution in [1.82, 2.24) is 0 Å². The molecule has 68 valence electrons. The van der Waals surface area contributed by atoms with Crippen LogP contribution >= 0.6 is 11.6 Å². The zero-order valence-corrected chi connectivity index (χ0v) is 9.98. The summed E-state index contributed by atoms with van der Waals surface area (Å²) in [4.78, 5) is 0. The average molecular weight is 199 g/mol. The maximum absolute atomic E-state index is 5.63. The van der Waals surface area contributed by atoms with E-state index in [9.17, 15) is 0 Å². The first kappa shape index (κ1) is 11.4. The van der Waals surface area contributed by atoms with E-state index in [4.69, 9.17) is 25.5 Å². The van der Waals surface area contributed by atoms with Gasteiger partial charge in [0.25, 0.3) is 5.97 Å². The molecule has 0 spiro atoms. The van der Waals surface area contributed by atoms with Gasteiger partial charge in [-0.05, 0) is 13.8 Å². The molecule has 0 aromatic carbocycles. The van der Waals surface area contributed by atoms with E-state index in [0.29, 0.717) is 23.7 Å². The van der Waals surface area contributed by atoms with Gasteiger partial charge in [0.1, 0.15) is 5.88 Å². The van der Waals surface area contributed by atoms with Gasteiger partial charge in [-0.1, -0.05) is 0 Å².